The van der Waals surface area contributed by atoms with Gasteiger partial charge in [0.15, 0.2) is 0 Å². The van der Waals surface area contributed by atoms with Gasteiger partial charge in [-0.05, 0) is 160 Å². The van der Waals surface area contributed by atoms with E-state index in [0.29, 0.717) is 68.8 Å². The van der Waals surface area contributed by atoms with Crippen molar-refractivity contribution in [2.45, 2.75) is 97.5 Å². The molecule has 0 saturated carbocycles. The van der Waals surface area contributed by atoms with Crippen LogP contribution in [0.5, 0.6) is 0 Å². The minimum atomic E-state index is -6.16. The van der Waals surface area contributed by atoms with Crippen molar-refractivity contribution in [3.8, 4) is 0 Å². The number of fused-ring (bicyclic) bond motifs is 1. The van der Waals surface area contributed by atoms with Crippen molar-refractivity contribution in [1.82, 2.24) is 24.7 Å². The van der Waals surface area contributed by atoms with Crippen molar-refractivity contribution < 1.29 is 54.0 Å². The van der Waals surface area contributed by atoms with Gasteiger partial charge in [0.25, 0.3) is 37.6 Å². The lowest BCUT2D eigenvalue weighted by molar-refractivity contribution is -0.136. The van der Waals surface area contributed by atoms with Crippen molar-refractivity contribution >= 4 is 95.4 Å². The fraction of sp³-hybridized carbons (Fsp3) is 0.393. The number of imide groups is 2. The fourth-order valence-electron chi connectivity index (χ4n) is 11.2. The highest BCUT2D eigenvalue weighted by molar-refractivity contribution is 7.99. The van der Waals surface area contributed by atoms with Crippen LogP contribution in [0.3, 0.4) is 0 Å². The van der Waals surface area contributed by atoms with E-state index in [1.165, 1.54) is 46.7 Å². The number of hydrogen-bond donors (Lipinski definition) is 4. The number of nitrogens with zero attached hydrogens (tertiary/aromatic N) is 4. The number of rotatable bonds is 23. The predicted molar refractivity (Wildman–Crippen MR) is 323 cm³/mol. The van der Waals surface area contributed by atoms with Crippen LogP contribution in [0, 0.1) is 5.41 Å². The van der Waals surface area contributed by atoms with Crippen molar-refractivity contribution in [3.63, 3.8) is 0 Å². The van der Waals surface area contributed by atoms with E-state index >= 15 is 0 Å². The van der Waals surface area contributed by atoms with E-state index in [9.17, 15) is 54.0 Å². The molecule has 452 valence electrons. The van der Waals surface area contributed by atoms with Crippen LogP contribution in [-0.2, 0) is 29.4 Å². The molecule has 1 aliphatic carbocycles. The molecule has 24 heteroatoms. The second-order valence-electron chi connectivity index (χ2n) is 22.6. The van der Waals surface area contributed by atoms with E-state index in [0.717, 1.165) is 66.5 Å². The third-order valence-electron chi connectivity index (χ3n) is 15.9. The summed E-state index contributed by atoms with van der Waals surface area (Å²) in [5, 5.41) is 9.11. The number of benzene rings is 5. The summed E-state index contributed by atoms with van der Waals surface area (Å²) in [7, 11) is -9.24. The number of sulfonamides is 1. The molecule has 17 nitrogen and oxygen atoms in total. The maximum absolute atomic E-state index is 14.5. The first-order chi connectivity index (χ1) is 40.4. The molecular weight excluding hydrogens is 1180 g/mol. The van der Waals surface area contributed by atoms with Gasteiger partial charge in [-0.25, -0.2) is 21.6 Å². The summed E-state index contributed by atoms with van der Waals surface area (Å²) in [6, 6.07) is 28.9. The third kappa shape index (κ3) is 15.1. The van der Waals surface area contributed by atoms with Gasteiger partial charge < -0.3 is 20.4 Å². The topological polar surface area (TPSA) is 215 Å². The molecule has 5 aromatic carbocycles. The molecule has 9 rings (SSSR count). The Bertz CT molecular complexity index is 3590. The number of unbranched alkanes of at least 4 members (excludes halogenated alkanes) is 1. The van der Waals surface area contributed by atoms with Crippen LogP contribution >= 0.6 is 23.4 Å². The molecule has 5 aromatic rings. The molecule has 2 fully saturated rings. The second kappa shape index (κ2) is 26.5. The van der Waals surface area contributed by atoms with Crippen LogP contribution in [0.2, 0.25) is 5.02 Å². The van der Waals surface area contributed by atoms with Gasteiger partial charge in [-0.2, -0.15) is 13.2 Å². The first-order valence-electron chi connectivity index (χ1n) is 28.2. The molecule has 3 heterocycles. The van der Waals surface area contributed by atoms with Gasteiger partial charge in [-0.15, -0.1) is 11.8 Å². The molecule has 2 unspecified atom stereocenters. The number of amides is 5. The van der Waals surface area contributed by atoms with Gasteiger partial charge in [-0.3, -0.25) is 39.1 Å². The van der Waals surface area contributed by atoms with E-state index < -0.39 is 82.5 Å². The normalized spacial score (nSPS) is 18.1. The Morgan fingerprint density at radius 2 is 1.55 bits per heavy atom. The van der Waals surface area contributed by atoms with Gasteiger partial charge in [0, 0.05) is 84.3 Å². The zero-order valence-corrected chi connectivity index (χ0v) is 50.6. The van der Waals surface area contributed by atoms with Crippen LogP contribution < -0.4 is 25.6 Å². The van der Waals surface area contributed by atoms with Gasteiger partial charge in [0.05, 0.1) is 21.7 Å². The first-order valence-corrected chi connectivity index (χ1v) is 32.5. The third-order valence-corrected chi connectivity index (χ3v) is 20.2. The molecule has 3 aliphatic heterocycles. The van der Waals surface area contributed by atoms with Gasteiger partial charge in [0.2, 0.25) is 11.8 Å². The van der Waals surface area contributed by atoms with Crippen LogP contribution in [0.4, 0.5) is 30.2 Å². The highest BCUT2D eigenvalue weighted by Gasteiger charge is 2.49. The standard InChI is InChI=1S/C61H68ClF3N8O9S3/c1-60(2)28-26-48(40-14-18-43(62)19-15-40)42(37-60)38-71-32-34-72(35-33-71)45-20-16-41(17-21-45)56(75)69-85(81,82)47-22-23-50(53(36-47)84(79,80)61(63,64)65)67-44(39-83-46-10-5-4-6-11-46)27-31-70(3)30-8-7-29-66-51-13-9-12-49-55(51)59(78)73(58(49)77)52-24-25-54(74)68-57(52)76/h4-6,9-23,36,44,52,66-67H,7-8,24-35,37-39H2,1-3H3,(H,69,75)(H,68,74,76). The Labute approximate surface area is 503 Å². The molecule has 4 aliphatic rings. The summed E-state index contributed by atoms with van der Waals surface area (Å²) >= 11 is 7.60. The largest absolute Gasteiger partial charge is 0.501 e. The smallest absolute Gasteiger partial charge is 0.384 e. The first kappa shape index (κ1) is 62.8. The lowest BCUT2D eigenvalue weighted by Gasteiger charge is -2.39. The summed E-state index contributed by atoms with van der Waals surface area (Å²) < 4.78 is 99.5. The zero-order chi connectivity index (χ0) is 60.8. The van der Waals surface area contributed by atoms with Crippen LogP contribution in [0.25, 0.3) is 5.57 Å². The monoisotopic (exact) mass is 1240 g/mol. The van der Waals surface area contributed by atoms with Gasteiger partial charge in [-0.1, -0.05) is 67.4 Å². The minimum Gasteiger partial charge on any atom is -0.384 e. The summed E-state index contributed by atoms with van der Waals surface area (Å²) in [6.45, 7) is 9.83. The zero-order valence-electron chi connectivity index (χ0n) is 47.3. The molecule has 85 heavy (non-hydrogen) atoms. The van der Waals surface area contributed by atoms with E-state index in [4.69, 9.17) is 11.6 Å². The molecule has 0 bridgehead atoms. The number of carbonyl (C=O) groups is 5. The molecule has 2 atom stereocenters. The number of sulfone groups is 1. The molecule has 0 aromatic heterocycles. The van der Waals surface area contributed by atoms with E-state index in [1.807, 2.05) is 59.1 Å². The van der Waals surface area contributed by atoms with E-state index in [1.54, 1.807) is 24.3 Å². The number of nitrogens with one attached hydrogen (secondary N) is 4. The Morgan fingerprint density at radius 3 is 2.25 bits per heavy atom. The Kier molecular flexibility index (Phi) is 19.5. The summed E-state index contributed by atoms with van der Waals surface area (Å²) in [5.41, 5.74) is -0.600. The van der Waals surface area contributed by atoms with Crippen molar-refractivity contribution in [2.75, 3.05) is 80.7 Å². The number of hydrogen-bond acceptors (Lipinski definition) is 15. The summed E-state index contributed by atoms with van der Waals surface area (Å²) in [5.74, 6) is -3.22. The Balaban J connectivity index is 0.813. The number of halogens is 4. The lowest BCUT2D eigenvalue weighted by Crippen LogP contribution is -2.54. The number of allylic oxidation sites excluding steroid dienone is 1. The van der Waals surface area contributed by atoms with Crippen molar-refractivity contribution in [1.29, 1.82) is 0 Å². The predicted octanol–water partition coefficient (Wildman–Crippen LogP) is 9.73. The number of piperidine rings is 1. The molecule has 0 radical (unpaired) electrons. The average Bonchev–Trinajstić information content (AvgIpc) is 2.11. The summed E-state index contributed by atoms with van der Waals surface area (Å²) in [4.78, 5) is 70.8. The molecule has 5 amide bonds. The maximum Gasteiger partial charge on any atom is 0.501 e. The molecule has 0 spiro atoms. The lowest BCUT2D eigenvalue weighted by atomic mass is 9.73. The highest BCUT2D eigenvalue weighted by Crippen LogP contribution is 2.43. The highest BCUT2D eigenvalue weighted by atomic mass is 35.5. The van der Waals surface area contributed by atoms with E-state index in [-0.39, 0.29) is 40.7 Å². The van der Waals surface area contributed by atoms with Crippen LogP contribution in [0.1, 0.15) is 102 Å². The van der Waals surface area contributed by atoms with Crippen LogP contribution in [-0.4, -0.2) is 144 Å². The minimum absolute atomic E-state index is 0.00319. The molecule has 2 saturated heterocycles. The van der Waals surface area contributed by atoms with Crippen molar-refractivity contribution in [3.05, 3.63) is 148 Å². The summed E-state index contributed by atoms with van der Waals surface area (Å²) in [6.07, 6.45) is 4.70. The van der Waals surface area contributed by atoms with Gasteiger partial charge in [0.1, 0.15) is 10.9 Å². The molecule has 4 N–H and O–H groups in total. The fourth-order valence-corrected chi connectivity index (χ4v) is 14.3. The average molecular weight is 1250 g/mol. The van der Waals surface area contributed by atoms with E-state index in [2.05, 4.69) is 51.7 Å². The SMILES string of the molecule is CN(CCCCNc1cccc2c1C(=O)N(C1CCC(=O)NC1=O)C2=O)CCC(CSc1ccccc1)Nc1ccc(S(=O)(=O)NC(=O)c2ccc(N3CCN(CC4=C(c5ccc(Cl)cc5)CCC(C)(C)C4)CC3)cc2)cc1S(=O)(=O)C(F)(F)F. The number of thioether (sulfide) groups is 1. The number of alkyl halides is 3. The Morgan fingerprint density at radius 1 is 0.835 bits per heavy atom. The second-order valence-corrected chi connectivity index (χ2v) is 27.8. The van der Waals surface area contributed by atoms with Crippen molar-refractivity contribution in [2.24, 2.45) is 5.41 Å². The Hall–Kier alpha value is -6.76. The quantitative estimate of drug-likeness (QED) is 0.0272. The van der Waals surface area contributed by atoms with Crippen LogP contribution in [0.15, 0.2) is 136 Å². The number of carbonyl (C=O) groups excluding carboxylic acids is 5. The molecular formula is C61H68ClF3N8O9S3. The van der Waals surface area contributed by atoms with Gasteiger partial charge >= 0.3 is 5.51 Å². The number of anilines is 3. The maximum atomic E-state index is 14.5. The number of piperazine rings is 1.